The van der Waals surface area contributed by atoms with E-state index in [2.05, 4.69) is 0 Å². The van der Waals surface area contributed by atoms with Gasteiger partial charge in [0.05, 0.1) is 12.5 Å². The van der Waals surface area contributed by atoms with E-state index in [1.165, 1.54) is 12.1 Å². The van der Waals surface area contributed by atoms with Crippen molar-refractivity contribution in [2.45, 2.75) is 31.8 Å². The average molecular weight is 345 g/mol. The Morgan fingerprint density at radius 1 is 1.24 bits per heavy atom. The minimum atomic E-state index is -0.302. The number of piperazine rings is 1. The van der Waals surface area contributed by atoms with Crippen molar-refractivity contribution in [3.8, 4) is 0 Å². The molecule has 2 aliphatic carbocycles. The Kier molecular flexibility index (Phi) is 4.23. The molecule has 4 atom stereocenters. The highest BCUT2D eigenvalue weighted by Gasteiger charge is 2.50. The number of nitrogens with zero attached hydrogens (tertiary/aromatic N) is 2. The SMILES string of the molecule is NC1C2CCC(C2)C1C(=O)N1CCN(Cc2cccc(F)c2)C(=O)C1. The minimum Gasteiger partial charge on any atom is -0.335 e. The highest BCUT2D eigenvalue weighted by Crippen LogP contribution is 2.48. The van der Waals surface area contributed by atoms with E-state index in [4.69, 9.17) is 5.73 Å². The van der Waals surface area contributed by atoms with Gasteiger partial charge in [0.1, 0.15) is 5.82 Å². The van der Waals surface area contributed by atoms with E-state index in [0.29, 0.717) is 31.5 Å². The zero-order chi connectivity index (χ0) is 17.6. The molecule has 1 saturated heterocycles. The molecule has 2 N–H and O–H groups in total. The third-order valence-electron chi connectivity index (χ3n) is 6.16. The summed E-state index contributed by atoms with van der Waals surface area (Å²) >= 11 is 0. The molecule has 0 radical (unpaired) electrons. The van der Waals surface area contributed by atoms with Crippen LogP contribution in [0, 0.1) is 23.6 Å². The predicted octanol–water partition coefficient (Wildman–Crippen LogP) is 1.37. The van der Waals surface area contributed by atoms with Gasteiger partial charge in [0.15, 0.2) is 0 Å². The molecule has 2 amide bonds. The van der Waals surface area contributed by atoms with Crippen LogP contribution in [0.15, 0.2) is 24.3 Å². The van der Waals surface area contributed by atoms with Crippen LogP contribution in [0.5, 0.6) is 0 Å². The molecular formula is C19H24FN3O2. The molecule has 25 heavy (non-hydrogen) atoms. The summed E-state index contributed by atoms with van der Waals surface area (Å²) in [5.74, 6) is 0.432. The third kappa shape index (κ3) is 3.03. The molecule has 134 valence electrons. The molecule has 1 aromatic carbocycles. The monoisotopic (exact) mass is 345 g/mol. The average Bonchev–Trinajstić information content (AvgIpc) is 3.17. The van der Waals surface area contributed by atoms with Gasteiger partial charge in [-0.15, -0.1) is 0 Å². The lowest BCUT2D eigenvalue weighted by atomic mass is 9.84. The van der Waals surface area contributed by atoms with E-state index in [1.807, 2.05) is 6.07 Å². The molecule has 1 heterocycles. The van der Waals surface area contributed by atoms with Crippen molar-refractivity contribution in [3.63, 3.8) is 0 Å². The van der Waals surface area contributed by atoms with Crippen molar-refractivity contribution in [3.05, 3.63) is 35.6 Å². The van der Waals surface area contributed by atoms with Gasteiger partial charge < -0.3 is 15.5 Å². The Morgan fingerprint density at radius 2 is 2.04 bits per heavy atom. The van der Waals surface area contributed by atoms with Crippen molar-refractivity contribution in [2.75, 3.05) is 19.6 Å². The van der Waals surface area contributed by atoms with Crippen molar-refractivity contribution >= 4 is 11.8 Å². The molecule has 3 aliphatic rings. The van der Waals surface area contributed by atoms with Crippen molar-refractivity contribution < 1.29 is 14.0 Å². The van der Waals surface area contributed by atoms with Crippen LogP contribution in [0.4, 0.5) is 4.39 Å². The van der Waals surface area contributed by atoms with Crippen LogP contribution in [-0.2, 0) is 16.1 Å². The Morgan fingerprint density at radius 3 is 2.72 bits per heavy atom. The molecule has 5 nitrogen and oxygen atoms in total. The van der Waals surface area contributed by atoms with Gasteiger partial charge >= 0.3 is 0 Å². The second-order valence-corrected chi connectivity index (χ2v) is 7.64. The third-order valence-corrected chi connectivity index (χ3v) is 6.16. The fraction of sp³-hybridized carbons (Fsp3) is 0.579. The molecule has 3 fully saturated rings. The Labute approximate surface area is 147 Å². The first kappa shape index (κ1) is 16.5. The van der Waals surface area contributed by atoms with Gasteiger partial charge in [-0.25, -0.2) is 4.39 Å². The van der Waals surface area contributed by atoms with Crippen LogP contribution in [0.3, 0.4) is 0 Å². The van der Waals surface area contributed by atoms with Gasteiger partial charge in [-0.05, 0) is 48.8 Å². The van der Waals surface area contributed by atoms with Gasteiger partial charge in [-0.2, -0.15) is 0 Å². The van der Waals surface area contributed by atoms with Crippen LogP contribution >= 0.6 is 0 Å². The lowest BCUT2D eigenvalue weighted by Gasteiger charge is -2.38. The molecule has 4 rings (SSSR count). The summed E-state index contributed by atoms with van der Waals surface area (Å²) in [5.41, 5.74) is 7.04. The maximum Gasteiger partial charge on any atom is 0.242 e. The molecule has 2 bridgehead atoms. The maximum absolute atomic E-state index is 13.3. The number of rotatable bonds is 3. The standard InChI is InChI=1S/C19H24FN3O2/c20-15-3-1-2-12(8-15)10-22-6-7-23(11-16(22)24)19(25)17-13-4-5-14(9-13)18(17)21/h1-3,8,13-14,17-18H,4-7,9-11,21H2. The quantitative estimate of drug-likeness (QED) is 0.900. The van der Waals surface area contributed by atoms with Gasteiger partial charge in [-0.3, -0.25) is 9.59 Å². The van der Waals surface area contributed by atoms with Crippen LogP contribution in [0.1, 0.15) is 24.8 Å². The minimum absolute atomic E-state index is 0.0494. The summed E-state index contributed by atoms with van der Waals surface area (Å²) in [6.07, 6.45) is 3.28. The van der Waals surface area contributed by atoms with Gasteiger partial charge in [-0.1, -0.05) is 12.1 Å². The zero-order valence-corrected chi connectivity index (χ0v) is 14.2. The molecule has 0 spiro atoms. The molecule has 4 unspecified atom stereocenters. The number of hydrogen-bond acceptors (Lipinski definition) is 3. The number of carbonyl (C=O) groups excluding carboxylic acids is 2. The highest BCUT2D eigenvalue weighted by atomic mass is 19.1. The van der Waals surface area contributed by atoms with E-state index in [-0.39, 0.29) is 36.1 Å². The van der Waals surface area contributed by atoms with Gasteiger partial charge in [0.2, 0.25) is 11.8 Å². The number of benzene rings is 1. The fourth-order valence-corrected chi connectivity index (χ4v) is 4.83. The molecule has 1 aromatic rings. The van der Waals surface area contributed by atoms with E-state index >= 15 is 0 Å². The highest BCUT2D eigenvalue weighted by molar-refractivity contribution is 5.87. The molecular weight excluding hydrogens is 321 g/mol. The smallest absolute Gasteiger partial charge is 0.242 e. The van der Waals surface area contributed by atoms with Crippen molar-refractivity contribution in [2.24, 2.45) is 23.5 Å². The first-order valence-electron chi connectivity index (χ1n) is 9.09. The summed E-state index contributed by atoms with van der Waals surface area (Å²) < 4.78 is 13.3. The summed E-state index contributed by atoms with van der Waals surface area (Å²) in [5, 5.41) is 0. The first-order chi connectivity index (χ1) is 12.0. The summed E-state index contributed by atoms with van der Waals surface area (Å²) in [7, 11) is 0. The van der Waals surface area contributed by atoms with Crippen molar-refractivity contribution in [1.82, 2.24) is 9.80 Å². The Balaban J connectivity index is 1.38. The van der Waals surface area contributed by atoms with Crippen LogP contribution in [0.2, 0.25) is 0 Å². The lowest BCUT2D eigenvalue weighted by molar-refractivity contribution is -0.149. The lowest BCUT2D eigenvalue weighted by Crippen LogP contribution is -2.55. The van der Waals surface area contributed by atoms with Crippen LogP contribution < -0.4 is 5.73 Å². The number of hydrogen-bond donors (Lipinski definition) is 1. The van der Waals surface area contributed by atoms with Crippen molar-refractivity contribution in [1.29, 1.82) is 0 Å². The zero-order valence-electron chi connectivity index (χ0n) is 14.2. The van der Waals surface area contributed by atoms with Gasteiger partial charge in [0, 0.05) is 25.7 Å². The molecule has 2 saturated carbocycles. The summed E-state index contributed by atoms with van der Waals surface area (Å²) in [4.78, 5) is 28.7. The topological polar surface area (TPSA) is 66.6 Å². The number of halogens is 1. The first-order valence-corrected chi connectivity index (χ1v) is 9.09. The number of fused-ring (bicyclic) bond motifs is 2. The summed E-state index contributed by atoms with van der Waals surface area (Å²) in [6.45, 7) is 1.50. The maximum atomic E-state index is 13.3. The number of carbonyl (C=O) groups is 2. The molecule has 1 aliphatic heterocycles. The normalized spacial score (nSPS) is 31.7. The Bertz CT molecular complexity index is 693. The van der Waals surface area contributed by atoms with E-state index in [9.17, 15) is 14.0 Å². The second kappa shape index (κ2) is 6.41. The van der Waals surface area contributed by atoms with E-state index < -0.39 is 0 Å². The fourth-order valence-electron chi connectivity index (χ4n) is 4.83. The van der Waals surface area contributed by atoms with Crippen LogP contribution in [0.25, 0.3) is 0 Å². The van der Waals surface area contributed by atoms with Gasteiger partial charge in [0.25, 0.3) is 0 Å². The van der Waals surface area contributed by atoms with E-state index in [1.54, 1.807) is 15.9 Å². The number of nitrogens with two attached hydrogens (primary N) is 1. The largest absolute Gasteiger partial charge is 0.335 e. The van der Waals surface area contributed by atoms with Crippen LogP contribution in [-0.4, -0.2) is 47.3 Å². The Hall–Kier alpha value is -1.95. The molecule has 0 aromatic heterocycles. The predicted molar refractivity (Wildman–Crippen MR) is 90.7 cm³/mol. The number of amides is 2. The molecule has 6 heteroatoms. The summed E-state index contributed by atoms with van der Waals surface area (Å²) in [6, 6.07) is 6.24. The van der Waals surface area contributed by atoms with E-state index in [0.717, 1.165) is 24.8 Å². The second-order valence-electron chi connectivity index (χ2n) is 7.64.